The molecule has 100 valence electrons. The molecule has 3 rings (SSSR count). The number of ketones is 1. The molecule has 20 heavy (non-hydrogen) atoms. The summed E-state index contributed by atoms with van der Waals surface area (Å²) in [7, 11) is 0. The summed E-state index contributed by atoms with van der Waals surface area (Å²) in [5.74, 6) is -0.553. The smallest absolute Gasteiger partial charge is 0.338 e. The van der Waals surface area contributed by atoms with Gasteiger partial charge in [0.05, 0.1) is 5.56 Å². The van der Waals surface area contributed by atoms with Crippen molar-refractivity contribution >= 4 is 11.8 Å². The van der Waals surface area contributed by atoms with E-state index < -0.39 is 12.1 Å². The third-order valence-corrected chi connectivity index (χ3v) is 3.62. The molecule has 3 nitrogen and oxygen atoms in total. The topological polar surface area (TPSA) is 43.4 Å². The van der Waals surface area contributed by atoms with Crippen LogP contribution < -0.4 is 0 Å². The van der Waals surface area contributed by atoms with Gasteiger partial charge in [-0.15, -0.1) is 0 Å². The summed E-state index contributed by atoms with van der Waals surface area (Å²) in [6, 6.07) is 14.3. The van der Waals surface area contributed by atoms with Crippen molar-refractivity contribution in [2.45, 2.75) is 19.4 Å². The fourth-order valence-corrected chi connectivity index (χ4v) is 2.52. The number of carbonyl (C=O) groups is 2. The number of benzene rings is 2. The lowest BCUT2D eigenvalue weighted by Gasteiger charge is -2.10. The molecule has 0 aliphatic heterocycles. The number of hydrogen-bond acceptors (Lipinski definition) is 3. The predicted octanol–water partition coefficient (Wildman–Crippen LogP) is 2.96. The first-order chi connectivity index (χ1) is 9.66. The minimum absolute atomic E-state index is 0.104. The van der Waals surface area contributed by atoms with Gasteiger partial charge in [0.25, 0.3) is 0 Å². The van der Waals surface area contributed by atoms with Crippen LogP contribution in [0.3, 0.4) is 0 Å². The zero-order chi connectivity index (χ0) is 14.1. The van der Waals surface area contributed by atoms with E-state index in [9.17, 15) is 9.59 Å². The third kappa shape index (κ3) is 2.11. The van der Waals surface area contributed by atoms with Crippen molar-refractivity contribution in [3.05, 3.63) is 70.8 Å². The Kier molecular flexibility index (Phi) is 3.11. The van der Waals surface area contributed by atoms with Gasteiger partial charge >= 0.3 is 5.97 Å². The summed E-state index contributed by atoms with van der Waals surface area (Å²) in [4.78, 5) is 24.2. The van der Waals surface area contributed by atoms with Crippen molar-refractivity contribution in [2.75, 3.05) is 0 Å². The standard InChI is InChI=1S/C17H14O3/c1-11-6-5-9-13-14(11)10-15(16(13)18)20-17(19)12-7-3-2-4-8-12/h2-9,15H,10H2,1H3/t15-/m1/s1. The summed E-state index contributed by atoms with van der Waals surface area (Å²) in [6.07, 6.45) is -0.224. The Morgan fingerprint density at radius 2 is 1.85 bits per heavy atom. The summed E-state index contributed by atoms with van der Waals surface area (Å²) >= 11 is 0. The number of aryl methyl sites for hydroxylation is 1. The van der Waals surface area contributed by atoms with Gasteiger partial charge in [-0.3, -0.25) is 4.79 Å². The van der Waals surface area contributed by atoms with Crippen LogP contribution in [0.1, 0.15) is 31.8 Å². The molecular weight excluding hydrogens is 252 g/mol. The largest absolute Gasteiger partial charge is 0.450 e. The van der Waals surface area contributed by atoms with E-state index in [2.05, 4.69) is 0 Å². The number of ether oxygens (including phenoxy) is 1. The average Bonchev–Trinajstić information content (AvgIpc) is 2.79. The van der Waals surface area contributed by atoms with Crippen LogP contribution >= 0.6 is 0 Å². The maximum Gasteiger partial charge on any atom is 0.338 e. The van der Waals surface area contributed by atoms with Crippen molar-refractivity contribution in [2.24, 2.45) is 0 Å². The Morgan fingerprint density at radius 3 is 2.55 bits per heavy atom. The van der Waals surface area contributed by atoms with E-state index in [1.807, 2.05) is 25.1 Å². The Labute approximate surface area is 117 Å². The second-order valence-electron chi connectivity index (χ2n) is 4.93. The van der Waals surface area contributed by atoms with Crippen molar-refractivity contribution in [3.63, 3.8) is 0 Å². The molecule has 0 saturated heterocycles. The molecule has 0 N–H and O–H groups in total. The SMILES string of the molecule is Cc1cccc2c1C[C@@H](OC(=O)c1ccccc1)C2=O. The Bertz CT molecular complexity index is 674. The summed E-state index contributed by atoms with van der Waals surface area (Å²) in [6.45, 7) is 1.97. The molecular formula is C17H14O3. The van der Waals surface area contributed by atoms with Crippen LogP contribution in [0, 0.1) is 6.92 Å². The zero-order valence-electron chi connectivity index (χ0n) is 11.1. The van der Waals surface area contributed by atoms with E-state index in [-0.39, 0.29) is 5.78 Å². The zero-order valence-corrected chi connectivity index (χ0v) is 11.1. The van der Waals surface area contributed by atoms with Crippen molar-refractivity contribution in [1.29, 1.82) is 0 Å². The summed E-state index contributed by atoms with van der Waals surface area (Å²) in [5, 5.41) is 0. The Morgan fingerprint density at radius 1 is 1.10 bits per heavy atom. The lowest BCUT2D eigenvalue weighted by molar-refractivity contribution is 0.0304. The predicted molar refractivity (Wildman–Crippen MR) is 74.9 cm³/mol. The van der Waals surface area contributed by atoms with E-state index in [0.29, 0.717) is 17.5 Å². The molecule has 3 heteroatoms. The van der Waals surface area contributed by atoms with Crippen LogP contribution in [-0.4, -0.2) is 17.9 Å². The highest BCUT2D eigenvalue weighted by atomic mass is 16.5. The number of rotatable bonds is 2. The molecule has 0 fully saturated rings. The van der Waals surface area contributed by atoms with Crippen LogP contribution in [0.4, 0.5) is 0 Å². The Hall–Kier alpha value is -2.42. The monoisotopic (exact) mass is 266 g/mol. The van der Waals surface area contributed by atoms with E-state index in [0.717, 1.165) is 11.1 Å². The van der Waals surface area contributed by atoms with Crippen molar-refractivity contribution in [3.8, 4) is 0 Å². The van der Waals surface area contributed by atoms with E-state index in [1.165, 1.54) is 0 Å². The molecule has 0 saturated carbocycles. The summed E-state index contributed by atoms with van der Waals surface area (Å²) in [5.41, 5.74) is 3.20. The number of hydrogen-bond donors (Lipinski definition) is 0. The lowest BCUT2D eigenvalue weighted by Crippen LogP contribution is -2.24. The molecule has 0 radical (unpaired) electrons. The third-order valence-electron chi connectivity index (χ3n) is 3.62. The quantitative estimate of drug-likeness (QED) is 0.785. The average molecular weight is 266 g/mol. The van der Waals surface area contributed by atoms with Crippen LogP contribution in [-0.2, 0) is 11.2 Å². The van der Waals surface area contributed by atoms with Crippen molar-refractivity contribution < 1.29 is 14.3 Å². The molecule has 2 aromatic rings. The normalized spacial score (nSPS) is 16.9. The molecule has 1 aliphatic rings. The van der Waals surface area contributed by atoms with Gasteiger partial charge in [-0.1, -0.05) is 36.4 Å². The summed E-state index contributed by atoms with van der Waals surface area (Å²) < 4.78 is 5.36. The van der Waals surface area contributed by atoms with Crippen LogP contribution in [0.5, 0.6) is 0 Å². The highest BCUT2D eigenvalue weighted by Crippen LogP contribution is 2.27. The first-order valence-electron chi connectivity index (χ1n) is 6.55. The van der Waals surface area contributed by atoms with Gasteiger partial charge in [-0.05, 0) is 30.2 Å². The fraction of sp³-hybridized carbons (Fsp3) is 0.176. The van der Waals surface area contributed by atoms with Gasteiger partial charge in [-0.25, -0.2) is 4.79 Å². The van der Waals surface area contributed by atoms with Gasteiger partial charge in [-0.2, -0.15) is 0 Å². The number of fused-ring (bicyclic) bond motifs is 1. The van der Waals surface area contributed by atoms with Gasteiger partial charge in [0.2, 0.25) is 5.78 Å². The first kappa shape index (κ1) is 12.6. The van der Waals surface area contributed by atoms with Gasteiger partial charge in [0, 0.05) is 12.0 Å². The highest BCUT2D eigenvalue weighted by molar-refractivity contribution is 6.05. The van der Waals surface area contributed by atoms with E-state index >= 15 is 0 Å². The fourth-order valence-electron chi connectivity index (χ4n) is 2.52. The number of Topliss-reactive ketones (excluding diaryl/α,β-unsaturated/α-hetero) is 1. The molecule has 0 spiro atoms. The van der Waals surface area contributed by atoms with E-state index in [4.69, 9.17) is 4.74 Å². The minimum atomic E-state index is -0.696. The van der Waals surface area contributed by atoms with Crippen LogP contribution in [0.25, 0.3) is 0 Å². The maximum absolute atomic E-state index is 12.2. The number of carbonyl (C=O) groups excluding carboxylic acids is 2. The molecule has 1 atom stereocenters. The molecule has 1 aliphatic carbocycles. The molecule has 0 heterocycles. The van der Waals surface area contributed by atoms with Gasteiger partial charge < -0.3 is 4.74 Å². The second kappa shape index (κ2) is 4.93. The minimum Gasteiger partial charge on any atom is -0.450 e. The molecule has 0 amide bonds. The second-order valence-corrected chi connectivity index (χ2v) is 4.93. The lowest BCUT2D eigenvalue weighted by atomic mass is 10.1. The molecule has 0 unspecified atom stereocenters. The Balaban J connectivity index is 1.80. The number of esters is 1. The van der Waals surface area contributed by atoms with Crippen LogP contribution in [0.15, 0.2) is 48.5 Å². The highest BCUT2D eigenvalue weighted by Gasteiger charge is 2.34. The molecule has 2 aromatic carbocycles. The van der Waals surface area contributed by atoms with E-state index in [1.54, 1.807) is 30.3 Å². The molecule has 0 bridgehead atoms. The van der Waals surface area contributed by atoms with Gasteiger partial charge in [0.1, 0.15) is 0 Å². The molecule has 0 aromatic heterocycles. The maximum atomic E-state index is 12.2. The van der Waals surface area contributed by atoms with Gasteiger partial charge in [0.15, 0.2) is 6.10 Å². The van der Waals surface area contributed by atoms with Crippen LogP contribution in [0.2, 0.25) is 0 Å². The first-order valence-corrected chi connectivity index (χ1v) is 6.55. The van der Waals surface area contributed by atoms with Crippen molar-refractivity contribution in [1.82, 2.24) is 0 Å².